The maximum absolute atomic E-state index is 12.4. The van der Waals surface area contributed by atoms with Crippen molar-refractivity contribution >= 4 is 38.6 Å². The Kier molecular flexibility index (Phi) is 4.07. The van der Waals surface area contributed by atoms with E-state index >= 15 is 0 Å². The number of anilines is 1. The minimum Gasteiger partial charge on any atom is -0.464 e. The summed E-state index contributed by atoms with van der Waals surface area (Å²) in [4.78, 5) is 22.8. The van der Waals surface area contributed by atoms with Gasteiger partial charge in [0.15, 0.2) is 0 Å². The van der Waals surface area contributed by atoms with Crippen LogP contribution in [-0.2, 0) is 23.0 Å². The summed E-state index contributed by atoms with van der Waals surface area (Å²) in [5.74, 6) is -0.696. The van der Waals surface area contributed by atoms with E-state index in [2.05, 4.69) is 5.43 Å². The maximum atomic E-state index is 12.4. The van der Waals surface area contributed by atoms with E-state index in [1.807, 2.05) is 17.7 Å². The van der Waals surface area contributed by atoms with Crippen LogP contribution in [0.15, 0.2) is 18.3 Å². The number of benzene rings is 1. The van der Waals surface area contributed by atoms with Crippen molar-refractivity contribution in [2.45, 2.75) is 19.9 Å². The van der Waals surface area contributed by atoms with Crippen LogP contribution < -0.4 is 15.2 Å². The normalized spacial score (nSPS) is 15.7. The highest BCUT2D eigenvalue weighted by atomic mass is 32.2. The number of hydrogen-bond acceptors (Lipinski definition) is 4. The average Bonchev–Trinajstić information content (AvgIpc) is 2.90. The molecule has 1 aliphatic rings. The van der Waals surface area contributed by atoms with Gasteiger partial charge in [0.25, 0.3) is 5.91 Å². The predicted molar refractivity (Wildman–Crippen MR) is 92.1 cm³/mol. The number of hydrogen-bond donors (Lipinski definition) is 3. The largest absolute Gasteiger partial charge is 0.464 e. The molecule has 0 fully saturated rings. The number of aryl methyl sites for hydroxylation is 2. The van der Waals surface area contributed by atoms with Crippen LogP contribution in [0.1, 0.15) is 22.8 Å². The van der Waals surface area contributed by atoms with Crippen molar-refractivity contribution in [3.8, 4) is 0 Å². The molecule has 10 heteroatoms. The summed E-state index contributed by atoms with van der Waals surface area (Å²) < 4.78 is 27.8. The standard InChI is InChI=1S/C15H18N4O5S/c1-3-9-8-19-4-5-25(23,24)18(2)12-7-10(6-11(9)13(12)19)14(20)16-17-15(21)22/h6-8,17H,3-5H2,1-2H3,(H,16,20)(H,21,22). The Morgan fingerprint density at radius 1 is 1.28 bits per heavy atom. The SMILES string of the molecule is CCc1cn2c3c(cc(C(=O)NNC(=O)O)cc13)N(C)S(=O)(=O)CC2. The summed E-state index contributed by atoms with van der Waals surface area (Å²) >= 11 is 0. The molecule has 0 unspecified atom stereocenters. The molecule has 0 spiro atoms. The van der Waals surface area contributed by atoms with Crippen LogP contribution in [0.5, 0.6) is 0 Å². The zero-order chi connectivity index (χ0) is 18.4. The molecule has 0 aliphatic carbocycles. The number of hydrazine groups is 1. The van der Waals surface area contributed by atoms with Crippen LogP contribution in [0.25, 0.3) is 10.9 Å². The van der Waals surface area contributed by atoms with Gasteiger partial charge in [0.2, 0.25) is 10.0 Å². The molecule has 1 aliphatic heterocycles. The van der Waals surface area contributed by atoms with E-state index < -0.39 is 22.0 Å². The molecule has 3 N–H and O–H groups in total. The predicted octanol–water partition coefficient (Wildman–Crippen LogP) is 0.896. The van der Waals surface area contributed by atoms with E-state index in [0.29, 0.717) is 12.2 Å². The molecule has 1 aromatic carbocycles. The van der Waals surface area contributed by atoms with Gasteiger partial charge in [-0.1, -0.05) is 6.92 Å². The third kappa shape index (κ3) is 2.88. The number of carbonyl (C=O) groups is 2. The molecule has 2 heterocycles. The molecular weight excluding hydrogens is 348 g/mol. The van der Waals surface area contributed by atoms with Crippen molar-refractivity contribution in [1.29, 1.82) is 0 Å². The number of carboxylic acid groups (broad SMARTS) is 1. The smallest absolute Gasteiger partial charge is 0.423 e. The Morgan fingerprint density at radius 2 is 2.00 bits per heavy atom. The molecule has 134 valence electrons. The first-order chi connectivity index (χ1) is 11.7. The van der Waals surface area contributed by atoms with Gasteiger partial charge in [-0.2, -0.15) is 0 Å². The van der Waals surface area contributed by atoms with Gasteiger partial charge in [-0.05, 0) is 24.1 Å². The van der Waals surface area contributed by atoms with Crippen LogP contribution in [0.3, 0.4) is 0 Å². The number of aromatic nitrogens is 1. The molecule has 0 atom stereocenters. The van der Waals surface area contributed by atoms with Gasteiger partial charge in [0, 0.05) is 30.7 Å². The van der Waals surface area contributed by atoms with Crippen LogP contribution in [0.4, 0.5) is 10.5 Å². The summed E-state index contributed by atoms with van der Waals surface area (Å²) in [5, 5.41) is 9.39. The fourth-order valence-electron chi connectivity index (χ4n) is 3.00. The van der Waals surface area contributed by atoms with Crippen molar-refractivity contribution in [1.82, 2.24) is 15.4 Å². The van der Waals surface area contributed by atoms with Crippen LogP contribution in [-0.4, -0.2) is 42.9 Å². The Hall–Kier alpha value is -2.75. The summed E-state index contributed by atoms with van der Waals surface area (Å²) in [6.45, 7) is 2.31. The first-order valence-electron chi connectivity index (χ1n) is 7.66. The molecule has 1 aromatic heterocycles. The first kappa shape index (κ1) is 17.1. The minimum absolute atomic E-state index is 0.0345. The van der Waals surface area contributed by atoms with E-state index in [4.69, 9.17) is 5.11 Å². The molecule has 25 heavy (non-hydrogen) atoms. The fraction of sp³-hybridized carbons (Fsp3) is 0.333. The number of sulfonamides is 1. The quantitative estimate of drug-likeness (QED) is 0.682. The molecule has 3 rings (SSSR count). The van der Waals surface area contributed by atoms with Crippen LogP contribution >= 0.6 is 0 Å². The minimum atomic E-state index is -3.50. The average molecular weight is 366 g/mol. The summed E-state index contributed by atoms with van der Waals surface area (Å²) in [7, 11) is -2.04. The fourth-order valence-corrected chi connectivity index (χ4v) is 4.14. The summed E-state index contributed by atoms with van der Waals surface area (Å²) in [6, 6.07) is 3.11. The van der Waals surface area contributed by atoms with Gasteiger partial charge >= 0.3 is 6.09 Å². The van der Waals surface area contributed by atoms with Gasteiger partial charge < -0.3 is 9.67 Å². The van der Waals surface area contributed by atoms with E-state index in [9.17, 15) is 18.0 Å². The van der Waals surface area contributed by atoms with Gasteiger partial charge in [-0.3, -0.25) is 14.5 Å². The van der Waals surface area contributed by atoms with Crippen LogP contribution in [0, 0.1) is 0 Å². The number of carbonyl (C=O) groups excluding carboxylic acids is 1. The highest BCUT2D eigenvalue weighted by Gasteiger charge is 2.28. The lowest BCUT2D eigenvalue weighted by Crippen LogP contribution is -2.40. The number of amides is 2. The van der Waals surface area contributed by atoms with Gasteiger partial charge in [-0.15, -0.1) is 0 Å². The lowest BCUT2D eigenvalue weighted by atomic mass is 10.1. The molecule has 0 saturated heterocycles. The molecule has 2 aromatic rings. The third-order valence-corrected chi connectivity index (χ3v) is 6.04. The van der Waals surface area contributed by atoms with Crippen molar-refractivity contribution in [3.05, 3.63) is 29.5 Å². The molecule has 0 saturated carbocycles. The zero-order valence-electron chi connectivity index (χ0n) is 13.7. The van der Waals surface area contributed by atoms with E-state index in [0.717, 1.165) is 22.9 Å². The molecule has 9 nitrogen and oxygen atoms in total. The third-order valence-electron chi connectivity index (χ3n) is 4.31. The zero-order valence-corrected chi connectivity index (χ0v) is 14.6. The second kappa shape index (κ2) is 5.96. The highest BCUT2D eigenvalue weighted by molar-refractivity contribution is 7.92. The number of nitrogens with one attached hydrogen (secondary N) is 2. The first-order valence-corrected chi connectivity index (χ1v) is 9.27. The van der Waals surface area contributed by atoms with E-state index in [1.165, 1.54) is 17.4 Å². The number of nitrogens with zero attached hydrogens (tertiary/aromatic N) is 2. The van der Waals surface area contributed by atoms with Gasteiger partial charge in [0.1, 0.15) is 0 Å². The molecular formula is C15H18N4O5S. The molecule has 0 bridgehead atoms. The summed E-state index contributed by atoms with van der Waals surface area (Å²) in [5.41, 5.74) is 6.18. The van der Waals surface area contributed by atoms with Crippen molar-refractivity contribution in [2.75, 3.05) is 17.1 Å². The Morgan fingerprint density at radius 3 is 2.64 bits per heavy atom. The highest BCUT2D eigenvalue weighted by Crippen LogP contribution is 2.35. The Bertz CT molecular complexity index is 979. The lowest BCUT2D eigenvalue weighted by molar-refractivity contribution is 0.0926. The van der Waals surface area contributed by atoms with Crippen LogP contribution in [0.2, 0.25) is 0 Å². The topological polar surface area (TPSA) is 121 Å². The second-order valence-electron chi connectivity index (χ2n) is 5.76. The Balaban J connectivity index is 2.21. The lowest BCUT2D eigenvalue weighted by Gasteiger charge is -2.19. The maximum Gasteiger partial charge on any atom is 0.423 e. The Labute approximate surface area is 144 Å². The molecule has 0 radical (unpaired) electrons. The monoisotopic (exact) mass is 366 g/mol. The van der Waals surface area contributed by atoms with E-state index in [1.54, 1.807) is 11.5 Å². The molecule has 2 amide bonds. The van der Waals surface area contributed by atoms with Crippen molar-refractivity contribution in [3.63, 3.8) is 0 Å². The van der Waals surface area contributed by atoms with Gasteiger partial charge in [-0.25, -0.2) is 18.6 Å². The second-order valence-corrected chi connectivity index (χ2v) is 7.88. The van der Waals surface area contributed by atoms with Crippen molar-refractivity contribution in [2.24, 2.45) is 0 Å². The van der Waals surface area contributed by atoms with Gasteiger partial charge in [0.05, 0.1) is 17.0 Å². The van der Waals surface area contributed by atoms with Crippen molar-refractivity contribution < 1.29 is 23.1 Å². The summed E-state index contributed by atoms with van der Waals surface area (Å²) in [6.07, 6.45) is 1.23. The number of rotatable bonds is 2. The van der Waals surface area contributed by atoms with E-state index in [-0.39, 0.29) is 11.3 Å².